The third-order valence-electron chi connectivity index (χ3n) is 15.4. The summed E-state index contributed by atoms with van der Waals surface area (Å²) in [5.74, 6) is 2.21. The minimum absolute atomic E-state index is 0.111. The summed E-state index contributed by atoms with van der Waals surface area (Å²) in [7, 11) is 4.01. The van der Waals surface area contributed by atoms with Crippen molar-refractivity contribution in [2.75, 3.05) is 96.6 Å². The molecule has 1 aliphatic heterocycles. The predicted octanol–water partition coefficient (Wildman–Crippen LogP) is 14.5. The molecule has 0 saturated carbocycles. The van der Waals surface area contributed by atoms with Gasteiger partial charge < -0.3 is 30.1 Å². The van der Waals surface area contributed by atoms with Crippen LogP contribution in [0.25, 0.3) is 0 Å². The summed E-state index contributed by atoms with van der Waals surface area (Å²) in [6, 6.07) is 0. The van der Waals surface area contributed by atoms with Gasteiger partial charge in [0, 0.05) is 76.8 Å². The van der Waals surface area contributed by atoms with Gasteiger partial charge in [-0.05, 0) is 77.4 Å². The Bertz CT molecular complexity index is 1110. The normalized spacial score (nSPS) is 15.4. The van der Waals surface area contributed by atoms with E-state index in [1.165, 1.54) is 173 Å². The minimum atomic E-state index is -0.372. The van der Waals surface area contributed by atoms with Crippen LogP contribution in [-0.4, -0.2) is 167 Å². The Balaban J connectivity index is 2.28. The Labute approximate surface area is 467 Å². The quantitative estimate of drug-likeness (QED) is 0.0264. The van der Waals surface area contributed by atoms with Crippen molar-refractivity contribution in [3.05, 3.63) is 0 Å². The molecule has 4 unspecified atom stereocenters. The summed E-state index contributed by atoms with van der Waals surface area (Å²) in [5, 5.41) is 43.8. The number of carbonyl (C=O) groups excluding carboxylic acids is 1. The highest BCUT2D eigenvalue weighted by Gasteiger charge is 2.19. The van der Waals surface area contributed by atoms with Gasteiger partial charge in [-0.1, -0.05) is 229 Å². The number of hydrogen-bond donors (Lipinski definition) is 4. The van der Waals surface area contributed by atoms with E-state index in [1.54, 1.807) is 0 Å². The maximum absolute atomic E-state index is 12.7. The molecule has 0 aromatic rings. The summed E-state index contributed by atoms with van der Waals surface area (Å²) in [6.07, 6.45) is 42.7. The molecule has 1 rings (SSSR count). The molecule has 0 radical (unpaired) electrons. The van der Waals surface area contributed by atoms with E-state index in [-0.39, 0.29) is 30.4 Å². The zero-order chi connectivity index (χ0) is 53.8. The molecule has 0 aromatic heterocycles. The highest BCUT2D eigenvalue weighted by Crippen LogP contribution is 2.24. The Hall–Kier alpha value is -0.150. The summed E-state index contributed by atoms with van der Waals surface area (Å²) in [6.45, 7) is 19.9. The summed E-state index contributed by atoms with van der Waals surface area (Å²) >= 11 is 0. The number of unbranched alkanes of at least 4 members (excludes halogenated alkanes) is 26. The zero-order valence-electron chi connectivity index (χ0n) is 49.5. The van der Waals surface area contributed by atoms with Crippen LogP contribution in [0.4, 0.5) is 0 Å². The Morgan fingerprint density at radius 1 is 0.405 bits per heavy atom. The van der Waals surface area contributed by atoms with Gasteiger partial charge in [-0.25, -0.2) is 0 Å². The predicted molar refractivity (Wildman–Crippen MR) is 324 cm³/mol. The van der Waals surface area contributed by atoms with E-state index >= 15 is 0 Å². The fraction of sp³-hybridized carbons (Fsp3) is 0.984. The first-order valence-electron chi connectivity index (χ1n) is 32.2. The fourth-order valence-electron chi connectivity index (χ4n) is 10.6. The molecule has 0 amide bonds. The number of esters is 1. The van der Waals surface area contributed by atoms with Gasteiger partial charge in [0.2, 0.25) is 0 Å². The van der Waals surface area contributed by atoms with Crippen molar-refractivity contribution in [2.45, 2.75) is 296 Å². The monoisotopic (exact) mass is 1090 g/mol. The van der Waals surface area contributed by atoms with Crippen molar-refractivity contribution in [3.8, 4) is 0 Å². The molecule has 442 valence electrons. The molecule has 4 atom stereocenters. The van der Waals surface area contributed by atoms with E-state index in [0.717, 1.165) is 129 Å². The second-order valence-corrected chi connectivity index (χ2v) is 25.5. The number of aliphatic hydroxyl groups excluding tert-OH is 4. The topological polar surface area (TPSA) is 120 Å². The molecule has 0 bridgehead atoms. The van der Waals surface area contributed by atoms with Crippen LogP contribution in [0.5, 0.6) is 0 Å². The maximum Gasteiger partial charge on any atom is 0.305 e. The van der Waals surface area contributed by atoms with Crippen LogP contribution < -0.4 is 0 Å². The Kier molecular flexibility index (Phi) is 53.2. The number of nitrogens with zero attached hydrogens (tertiary/aromatic N) is 4. The lowest BCUT2D eigenvalue weighted by Gasteiger charge is -2.34. The Morgan fingerprint density at radius 3 is 1.08 bits per heavy atom. The third-order valence-corrected chi connectivity index (χ3v) is 18.0. The van der Waals surface area contributed by atoms with Gasteiger partial charge in [-0.15, -0.1) is 0 Å². The van der Waals surface area contributed by atoms with Gasteiger partial charge in [-0.3, -0.25) is 19.5 Å². The molecule has 0 aromatic carbocycles. The van der Waals surface area contributed by atoms with E-state index in [9.17, 15) is 25.2 Å². The molecule has 0 spiro atoms. The van der Waals surface area contributed by atoms with Crippen molar-refractivity contribution < 1.29 is 30.0 Å². The number of hydrogen-bond acceptors (Lipinski definition) is 12. The van der Waals surface area contributed by atoms with Gasteiger partial charge >= 0.3 is 5.97 Å². The van der Waals surface area contributed by atoms with Crippen LogP contribution in [-0.2, 0) is 9.53 Å². The molecular weight excluding hydrogens is 961 g/mol. The van der Waals surface area contributed by atoms with Gasteiger partial charge in [0.05, 0.1) is 24.4 Å². The molecule has 1 fully saturated rings. The van der Waals surface area contributed by atoms with E-state index < -0.39 is 0 Å². The van der Waals surface area contributed by atoms with E-state index in [2.05, 4.69) is 47.3 Å². The molecule has 1 heterocycles. The average Bonchev–Trinajstić information content (AvgIpc) is 3.38. The third kappa shape index (κ3) is 47.8. The highest BCUT2D eigenvalue weighted by molar-refractivity contribution is 8.76. The number of rotatable bonds is 58. The first-order valence-corrected chi connectivity index (χ1v) is 34.7. The first kappa shape index (κ1) is 71.9. The van der Waals surface area contributed by atoms with Crippen molar-refractivity contribution in [1.29, 1.82) is 0 Å². The summed E-state index contributed by atoms with van der Waals surface area (Å²) in [4.78, 5) is 22.3. The summed E-state index contributed by atoms with van der Waals surface area (Å²) < 4.78 is 5.69. The van der Waals surface area contributed by atoms with Gasteiger partial charge in [0.15, 0.2) is 0 Å². The highest BCUT2D eigenvalue weighted by atomic mass is 33.1. The molecule has 1 aliphatic rings. The Morgan fingerprint density at radius 2 is 0.716 bits per heavy atom. The lowest BCUT2D eigenvalue weighted by molar-refractivity contribution is -0.144. The number of carbonyl (C=O) groups is 1. The molecule has 10 nitrogen and oxygen atoms in total. The van der Waals surface area contributed by atoms with E-state index in [1.807, 2.05) is 21.6 Å². The SMILES string of the molecule is CCCCCCCCCCC(O)CN(CCCCC(=O)OCCN1CCN(CCCSSCCCCN(CC(O)CCCCCCCC)CC(O)CCCCCCCC)CC1)CC(O)CCCCCCCCCC. The van der Waals surface area contributed by atoms with Crippen LogP contribution in [0.2, 0.25) is 0 Å². The standard InChI is InChI=1S/C62H126N4O6S2/c1-5-9-13-17-21-23-27-31-40-58(67)54-65(55-59(68)41-32-28-24-22-18-14-10-6-2)43-34-33-42-62(71)72-51-50-64-48-46-63(47-49-64)45-37-53-74-73-52-36-35-44-66(56-60(69)38-29-25-19-15-11-7-3)57-61(70)39-30-26-20-16-12-8-4/h58-61,67-70H,5-57H2,1-4H3. The van der Waals surface area contributed by atoms with Crippen LogP contribution >= 0.6 is 21.6 Å². The average molecular weight is 1090 g/mol. The summed E-state index contributed by atoms with van der Waals surface area (Å²) in [5.41, 5.74) is 0. The van der Waals surface area contributed by atoms with Crippen LogP contribution in [0.1, 0.15) is 272 Å². The molecular formula is C62H126N4O6S2. The molecule has 0 aliphatic carbocycles. The van der Waals surface area contributed by atoms with Crippen LogP contribution in [0, 0.1) is 0 Å². The second-order valence-electron chi connectivity index (χ2n) is 22.8. The fourth-order valence-corrected chi connectivity index (χ4v) is 12.8. The van der Waals surface area contributed by atoms with Gasteiger partial charge in [0.25, 0.3) is 0 Å². The second kappa shape index (κ2) is 54.8. The minimum Gasteiger partial charge on any atom is -0.464 e. The van der Waals surface area contributed by atoms with Crippen LogP contribution in [0.3, 0.4) is 0 Å². The maximum atomic E-state index is 12.7. The lowest BCUT2D eigenvalue weighted by atomic mass is 10.0. The smallest absolute Gasteiger partial charge is 0.305 e. The molecule has 1 saturated heterocycles. The van der Waals surface area contributed by atoms with Crippen molar-refractivity contribution in [3.63, 3.8) is 0 Å². The first-order chi connectivity index (χ1) is 36.2. The zero-order valence-corrected chi connectivity index (χ0v) is 51.1. The van der Waals surface area contributed by atoms with Gasteiger partial charge in [0.1, 0.15) is 6.61 Å². The molecule has 74 heavy (non-hydrogen) atoms. The van der Waals surface area contributed by atoms with Crippen molar-refractivity contribution >= 4 is 27.6 Å². The van der Waals surface area contributed by atoms with E-state index in [4.69, 9.17) is 4.74 Å². The molecule has 4 N–H and O–H groups in total. The van der Waals surface area contributed by atoms with Crippen molar-refractivity contribution in [2.24, 2.45) is 0 Å². The van der Waals surface area contributed by atoms with Crippen LogP contribution in [0.15, 0.2) is 0 Å². The molecule has 12 heteroatoms. The number of aliphatic hydroxyl groups is 4. The van der Waals surface area contributed by atoms with Gasteiger partial charge in [-0.2, -0.15) is 0 Å². The van der Waals surface area contributed by atoms with Crippen molar-refractivity contribution in [1.82, 2.24) is 19.6 Å². The largest absolute Gasteiger partial charge is 0.464 e. The lowest BCUT2D eigenvalue weighted by Crippen LogP contribution is -2.47. The number of piperazine rings is 1. The number of ether oxygens (including phenoxy) is 1. The van der Waals surface area contributed by atoms with E-state index in [0.29, 0.717) is 39.2 Å².